The van der Waals surface area contributed by atoms with Gasteiger partial charge in [-0.1, -0.05) is 17.7 Å². The summed E-state index contributed by atoms with van der Waals surface area (Å²) in [6.07, 6.45) is 8.52. The van der Waals surface area contributed by atoms with Crippen LogP contribution in [0.3, 0.4) is 0 Å². The molecule has 0 aromatic heterocycles. The van der Waals surface area contributed by atoms with Crippen LogP contribution >= 0.6 is 24.0 Å². The second-order valence-electron chi connectivity index (χ2n) is 7.21. The monoisotopic (exact) mass is 544 g/mol. The van der Waals surface area contributed by atoms with E-state index >= 15 is 0 Å². The Balaban J connectivity index is 0.00000480. The SMILES string of the molecule is CCNC(=O)COc1ccc(CN=C(NCC)NCCC2=CCCCC2)cc1OC.I. The molecule has 1 aliphatic carbocycles. The zero-order valence-electron chi connectivity index (χ0n) is 19.0. The molecule has 174 valence electrons. The number of likely N-dealkylation sites (N-methyl/N-ethyl adjacent to an activating group) is 1. The van der Waals surface area contributed by atoms with Crippen molar-refractivity contribution >= 4 is 35.8 Å². The standard InChI is InChI=1S/C23H36N4O3.HI/c1-4-24-22(28)17-30-20-12-11-19(15-21(20)29-3)16-27-23(25-5-2)26-14-13-18-9-7-6-8-10-18;/h9,11-12,15H,4-8,10,13-14,16-17H2,1-3H3,(H,24,28)(H2,25,26,27);1H. The van der Waals surface area contributed by atoms with E-state index in [1.54, 1.807) is 12.7 Å². The largest absolute Gasteiger partial charge is 0.493 e. The van der Waals surface area contributed by atoms with Gasteiger partial charge in [0.15, 0.2) is 24.1 Å². The van der Waals surface area contributed by atoms with Gasteiger partial charge in [-0.2, -0.15) is 0 Å². The van der Waals surface area contributed by atoms with Crippen molar-refractivity contribution in [2.45, 2.75) is 52.5 Å². The van der Waals surface area contributed by atoms with Gasteiger partial charge >= 0.3 is 0 Å². The van der Waals surface area contributed by atoms with Gasteiger partial charge in [0.25, 0.3) is 5.91 Å². The quantitative estimate of drug-likeness (QED) is 0.171. The highest BCUT2D eigenvalue weighted by Gasteiger charge is 2.09. The van der Waals surface area contributed by atoms with Crippen molar-refractivity contribution in [3.05, 3.63) is 35.4 Å². The van der Waals surface area contributed by atoms with Gasteiger partial charge in [0.05, 0.1) is 13.7 Å². The summed E-state index contributed by atoms with van der Waals surface area (Å²) in [4.78, 5) is 16.3. The van der Waals surface area contributed by atoms with Crippen molar-refractivity contribution < 1.29 is 14.3 Å². The van der Waals surface area contributed by atoms with E-state index in [1.807, 2.05) is 25.1 Å². The van der Waals surface area contributed by atoms with Gasteiger partial charge in [-0.3, -0.25) is 4.79 Å². The van der Waals surface area contributed by atoms with E-state index in [0.717, 1.165) is 31.0 Å². The van der Waals surface area contributed by atoms with Gasteiger partial charge < -0.3 is 25.4 Å². The Labute approximate surface area is 203 Å². The maximum absolute atomic E-state index is 11.6. The molecule has 7 nitrogen and oxygen atoms in total. The first-order valence-electron chi connectivity index (χ1n) is 10.9. The summed E-state index contributed by atoms with van der Waals surface area (Å²) in [5.74, 6) is 1.79. The number of nitrogens with one attached hydrogen (secondary N) is 3. The molecule has 1 aromatic carbocycles. The Morgan fingerprint density at radius 3 is 2.58 bits per heavy atom. The zero-order valence-corrected chi connectivity index (χ0v) is 21.3. The van der Waals surface area contributed by atoms with Gasteiger partial charge in [0.2, 0.25) is 0 Å². The number of carbonyl (C=O) groups excluding carboxylic acids is 1. The highest BCUT2D eigenvalue weighted by atomic mass is 127. The predicted molar refractivity (Wildman–Crippen MR) is 137 cm³/mol. The van der Waals surface area contributed by atoms with Crippen molar-refractivity contribution in [2.75, 3.05) is 33.4 Å². The fourth-order valence-electron chi connectivity index (χ4n) is 3.31. The van der Waals surface area contributed by atoms with E-state index in [1.165, 1.54) is 25.7 Å². The molecule has 0 saturated heterocycles. The maximum Gasteiger partial charge on any atom is 0.257 e. The molecule has 0 saturated carbocycles. The van der Waals surface area contributed by atoms with Crippen LogP contribution in [0.5, 0.6) is 11.5 Å². The molecule has 0 aliphatic heterocycles. The number of amides is 1. The first-order valence-corrected chi connectivity index (χ1v) is 10.9. The van der Waals surface area contributed by atoms with Crippen LogP contribution in [0.4, 0.5) is 0 Å². The Hall–Kier alpha value is -1.97. The molecule has 3 N–H and O–H groups in total. The number of methoxy groups -OCH3 is 1. The van der Waals surface area contributed by atoms with E-state index in [2.05, 4.69) is 33.9 Å². The lowest BCUT2D eigenvalue weighted by Gasteiger charge is -2.15. The molecule has 0 atom stereocenters. The van der Waals surface area contributed by atoms with Crippen LogP contribution in [0.15, 0.2) is 34.8 Å². The van der Waals surface area contributed by atoms with Crippen molar-refractivity contribution in [3.8, 4) is 11.5 Å². The van der Waals surface area contributed by atoms with Crippen molar-refractivity contribution in [3.63, 3.8) is 0 Å². The Bertz CT molecular complexity index is 738. The topological polar surface area (TPSA) is 84.0 Å². The number of allylic oxidation sites excluding steroid dienone is 1. The van der Waals surface area contributed by atoms with E-state index in [4.69, 9.17) is 9.47 Å². The number of nitrogens with zero attached hydrogens (tertiary/aromatic N) is 1. The molecule has 1 aromatic rings. The first kappa shape index (κ1) is 27.1. The first-order chi connectivity index (χ1) is 14.7. The molecular weight excluding hydrogens is 507 g/mol. The summed E-state index contributed by atoms with van der Waals surface area (Å²) in [6, 6.07) is 5.65. The van der Waals surface area contributed by atoms with Crippen molar-refractivity contribution in [2.24, 2.45) is 4.99 Å². The number of guanidine groups is 1. The molecular formula is C23H37IN4O3. The fourth-order valence-corrected chi connectivity index (χ4v) is 3.31. The van der Waals surface area contributed by atoms with Crippen LogP contribution < -0.4 is 25.4 Å². The number of rotatable bonds is 11. The molecule has 0 bridgehead atoms. The Morgan fingerprint density at radius 1 is 1.10 bits per heavy atom. The predicted octanol–water partition coefficient (Wildman–Crippen LogP) is 3.77. The second kappa shape index (κ2) is 15.8. The van der Waals surface area contributed by atoms with Crippen molar-refractivity contribution in [1.82, 2.24) is 16.0 Å². The molecule has 0 radical (unpaired) electrons. The molecule has 1 amide bonds. The number of aliphatic imine (C=N–C) groups is 1. The number of carbonyl (C=O) groups is 1. The van der Waals surface area contributed by atoms with E-state index in [9.17, 15) is 4.79 Å². The van der Waals surface area contributed by atoms with E-state index in [-0.39, 0.29) is 36.5 Å². The third-order valence-electron chi connectivity index (χ3n) is 4.85. The Kier molecular flexibility index (Phi) is 13.8. The summed E-state index contributed by atoms with van der Waals surface area (Å²) in [5.41, 5.74) is 2.56. The van der Waals surface area contributed by atoms with Crippen LogP contribution in [-0.2, 0) is 11.3 Å². The molecule has 0 spiro atoms. The lowest BCUT2D eigenvalue weighted by molar-refractivity contribution is -0.123. The Morgan fingerprint density at radius 2 is 1.90 bits per heavy atom. The summed E-state index contributed by atoms with van der Waals surface area (Å²) in [6.45, 7) is 6.69. The molecule has 1 aliphatic rings. The smallest absolute Gasteiger partial charge is 0.257 e. The van der Waals surface area contributed by atoms with Gasteiger partial charge in [-0.05, 0) is 63.6 Å². The molecule has 0 heterocycles. The number of hydrogen-bond donors (Lipinski definition) is 3. The summed E-state index contributed by atoms with van der Waals surface area (Å²) in [5, 5.41) is 9.42. The number of ether oxygens (including phenoxy) is 2. The van der Waals surface area contributed by atoms with Crippen LogP contribution in [0.25, 0.3) is 0 Å². The van der Waals surface area contributed by atoms with Gasteiger partial charge in [0, 0.05) is 19.6 Å². The van der Waals surface area contributed by atoms with Crippen LogP contribution in [0.2, 0.25) is 0 Å². The molecule has 0 fully saturated rings. The fraction of sp³-hybridized carbons (Fsp3) is 0.565. The summed E-state index contributed by atoms with van der Waals surface area (Å²) >= 11 is 0. The van der Waals surface area contributed by atoms with Crippen molar-refractivity contribution in [1.29, 1.82) is 0 Å². The van der Waals surface area contributed by atoms with Crippen LogP contribution in [0, 0.1) is 0 Å². The zero-order chi connectivity index (χ0) is 21.6. The van der Waals surface area contributed by atoms with Gasteiger partial charge in [-0.15, -0.1) is 24.0 Å². The number of halogens is 1. The highest BCUT2D eigenvalue weighted by Crippen LogP contribution is 2.28. The summed E-state index contributed by atoms with van der Waals surface area (Å²) in [7, 11) is 1.59. The minimum Gasteiger partial charge on any atom is -0.493 e. The summed E-state index contributed by atoms with van der Waals surface area (Å²) < 4.78 is 11.0. The average molecular weight is 544 g/mol. The molecule has 8 heteroatoms. The number of benzene rings is 1. The lowest BCUT2D eigenvalue weighted by atomic mass is 9.97. The molecule has 31 heavy (non-hydrogen) atoms. The normalized spacial score (nSPS) is 13.5. The third-order valence-corrected chi connectivity index (χ3v) is 4.85. The van der Waals surface area contributed by atoms with Crippen LogP contribution in [-0.4, -0.2) is 45.2 Å². The van der Waals surface area contributed by atoms with E-state index in [0.29, 0.717) is 24.6 Å². The van der Waals surface area contributed by atoms with Gasteiger partial charge in [-0.25, -0.2) is 4.99 Å². The minimum atomic E-state index is -0.154. The average Bonchev–Trinajstić information content (AvgIpc) is 2.77. The number of hydrogen-bond acceptors (Lipinski definition) is 4. The van der Waals surface area contributed by atoms with Gasteiger partial charge in [0.1, 0.15) is 0 Å². The van der Waals surface area contributed by atoms with E-state index < -0.39 is 0 Å². The maximum atomic E-state index is 11.6. The third kappa shape index (κ3) is 10.3. The molecule has 2 rings (SSSR count). The second-order valence-corrected chi connectivity index (χ2v) is 7.21. The minimum absolute atomic E-state index is 0. The van der Waals surface area contributed by atoms with Crippen LogP contribution in [0.1, 0.15) is 51.5 Å². The molecule has 0 unspecified atom stereocenters. The lowest BCUT2D eigenvalue weighted by Crippen LogP contribution is -2.37. The highest BCUT2D eigenvalue weighted by molar-refractivity contribution is 14.0.